The molecule has 2 aromatic rings. The summed E-state index contributed by atoms with van der Waals surface area (Å²) in [4.78, 5) is 18.5. The van der Waals surface area contributed by atoms with E-state index in [1.807, 2.05) is 5.32 Å². The van der Waals surface area contributed by atoms with Crippen LogP contribution in [0.1, 0.15) is 23.7 Å². The van der Waals surface area contributed by atoms with Crippen molar-refractivity contribution >= 4 is 11.6 Å². The molecule has 1 saturated heterocycles. The van der Waals surface area contributed by atoms with Gasteiger partial charge in [0, 0.05) is 31.4 Å². The number of amides is 1. The number of hydrogen-bond donors (Lipinski definition) is 2. The Bertz CT molecular complexity index is 963. The Hall–Kier alpha value is -2.95. The molecule has 0 aliphatic carbocycles. The molecule has 1 amide bonds. The third kappa shape index (κ3) is 4.87. The van der Waals surface area contributed by atoms with E-state index in [0.717, 1.165) is 25.3 Å². The van der Waals surface area contributed by atoms with Crippen LogP contribution in [-0.4, -0.2) is 49.4 Å². The Morgan fingerprint density at radius 1 is 1.29 bits per heavy atom. The van der Waals surface area contributed by atoms with Crippen LogP contribution in [0.15, 0.2) is 24.4 Å². The first-order valence-corrected chi connectivity index (χ1v) is 9.42. The minimum Gasteiger partial charge on any atom is -0.480 e. The number of carbonyl (C=O) groups excluding carboxylic acids is 1. The van der Waals surface area contributed by atoms with Crippen LogP contribution in [0.4, 0.5) is 27.6 Å². The molecule has 1 aromatic heterocycles. The van der Waals surface area contributed by atoms with Crippen molar-refractivity contribution in [2.24, 2.45) is 5.73 Å². The lowest BCUT2D eigenvalue weighted by Crippen LogP contribution is -2.43. The van der Waals surface area contributed by atoms with Crippen molar-refractivity contribution in [3.8, 4) is 17.0 Å². The van der Waals surface area contributed by atoms with Crippen molar-refractivity contribution in [3.63, 3.8) is 0 Å². The third-order valence-corrected chi connectivity index (χ3v) is 4.99. The molecule has 2 atom stereocenters. The monoisotopic (exact) mass is 444 g/mol. The van der Waals surface area contributed by atoms with Gasteiger partial charge in [0.05, 0.1) is 23.9 Å². The SMILES string of the molecule is COc1ncc(C(=O)NC(C)C(F)(F)F)c(N2CC[C@H](N)C2)c1-c1cc(F)cc(F)c1. The van der Waals surface area contributed by atoms with Crippen LogP contribution < -0.4 is 20.7 Å². The summed E-state index contributed by atoms with van der Waals surface area (Å²) in [6.45, 7) is 1.48. The van der Waals surface area contributed by atoms with E-state index in [9.17, 15) is 26.7 Å². The van der Waals surface area contributed by atoms with Gasteiger partial charge in [0.15, 0.2) is 0 Å². The number of methoxy groups -OCH3 is 1. The minimum atomic E-state index is -4.65. The van der Waals surface area contributed by atoms with Crippen molar-refractivity contribution in [3.05, 3.63) is 41.6 Å². The molecule has 2 heterocycles. The second-order valence-electron chi connectivity index (χ2n) is 7.29. The van der Waals surface area contributed by atoms with Crippen molar-refractivity contribution in [2.75, 3.05) is 25.1 Å². The predicted octanol–water partition coefficient (Wildman–Crippen LogP) is 3.25. The second kappa shape index (κ2) is 8.66. The molecule has 3 rings (SSSR count). The first-order valence-electron chi connectivity index (χ1n) is 9.42. The lowest BCUT2D eigenvalue weighted by atomic mass is 10.00. The van der Waals surface area contributed by atoms with E-state index in [1.165, 1.54) is 7.11 Å². The van der Waals surface area contributed by atoms with Crippen molar-refractivity contribution in [2.45, 2.75) is 31.6 Å². The maximum atomic E-state index is 13.9. The van der Waals surface area contributed by atoms with Crippen LogP contribution in [-0.2, 0) is 0 Å². The zero-order valence-corrected chi connectivity index (χ0v) is 16.8. The number of nitrogens with one attached hydrogen (secondary N) is 1. The molecule has 3 N–H and O–H groups in total. The Morgan fingerprint density at radius 3 is 2.45 bits per heavy atom. The number of hydrogen-bond acceptors (Lipinski definition) is 5. The van der Waals surface area contributed by atoms with Crippen LogP contribution in [0.5, 0.6) is 5.88 Å². The van der Waals surface area contributed by atoms with Crippen LogP contribution in [0.25, 0.3) is 11.1 Å². The molecule has 1 unspecified atom stereocenters. The van der Waals surface area contributed by atoms with Gasteiger partial charge in [-0.15, -0.1) is 0 Å². The van der Waals surface area contributed by atoms with Gasteiger partial charge in [0.1, 0.15) is 17.7 Å². The standard InChI is InChI=1S/C20H21F5N4O2/c1-10(20(23,24)25)28-18(30)15-8-27-19(31-2)16(11-5-12(21)7-13(22)6-11)17(15)29-4-3-14(26)9-29/h5-8,10,14H,3-4,9,26H2,1-2H3,(H,28,30)/t10?,14-/m0/s1. The fourth-order valence-electron chi connectivity index (χ4n) is 3.44. The van der Waals surface area contributed by atoms with E-state index in [4.69, 9.17) is 10.5 Å². The number of nitrogens with two attached hydrogens (primary N) is 1. The van der Waals surface area contributed by atoms with Gasteiger partial charge in [-0.05, 0) is 31.0 Å². The molecule has 0 bridgehead atoms. The van der Waals surface area contributed by atoms with Gasteiger partial charge in [-0.1, -0.05) is 0 Å². The molecule has 1 fully saturated rings. The van der Waals surface area contributed by atoms with Gasteiger partial charge in [-0.2, -0.15) is 13.2 Å². The Labute approximate surface area is 175 Å². The lowest BCUT2D eigenvalue weighted by Gasteiger charge is -2.26. The topological polar surface area (TPSA) is 80.5 Å². The summed E-state index contributed by atoms with van der Waals surface area (Å²) in [5.74, 6) is -2.82. The molecule has 0 saturated carbocycles. The molecule has 6 nitrogen and oxygen atoms in total. The van der Waals surface area contributed by atoms with Crippen LogP contribution >= 0.6 is 0 Å². The number of carbonyl (C=O) groups is 1. The fraction of sp³-hybridized carbons (Fsp3) is 0.400. The summed E-state index contributed by atoms with van der Waals surface area (Å²) < 4.78 is 72.0. The van der Waals surface area contributed by atoms with Crippen LogP contribution in [0, 0.1) is 11.6 Å². The highest BCUT2D eigenvalue weighted by Gasteiger charge is 2.38. The number of alkyl halides is 3. The van der Waals surface area contributed by atoms with E-state index in [1.54, 1.807) is 4.90 Å². The van der Waals surface area contributed by atoms with Crippen molar-refractivity contribution in [1.82, 2.24) is 10.3 Å². The van der Waals surface area contributed by atoms with Gasteiger partial charge in [-0.3, -0.25) is 4.79 Å². The number of nitrogens with zero attached hydrogens (tertiary/aromatic N) is 2. The second-order valence-corrected chi connectivity index (χ2v) is 7.29. The quantitative estimate of drug-likeness (QED) is 0.693. The molecule has 1 aromatic carbocycles. The summed E-state index contributed by atoms with van der Waals surface area (Å²) in [6, 6.07) is 0.368. The van der Waals surface area contributed by atoms with Crippen molar-refractivity contribution in [1.29, 1.82) is 0 Å². The molecule has 31 heavy (non-hydrogen) atoms. The molecule has 1 aliphatic rings. The number of rotatable bonds is 5. The zero-order valence-electron chi connectivity index (χ0n) is 16.8. The van der Waals surface area contributed by atoms with E-state index in [-0.39, 0.29) is 40.8 Å². The largest absolute Gasteiger partial charge is 0.480 e. The predicted molar refractivity (Wildman–Crippen MR) is 104 cm³/mol. The van der Waals surface area contributed by atoms with E-state index < -0.39 is 29.8 Å². The number of benzene rings is 1. The molecule has 1 aliphatic heterocycles. The summed E-state index contributed by atoms with van der Waals surface area (Å²) in [5.41, 5.74) is 6.05. The molecular formula is C20H21F5N4O2. The molecule has 0 radical (unpaired) electrons. The van der Waals surface area contributed by atoms with Crippen molar-refractivity contribution < 1.29 is 31.5 Å². The fourth-order valence-corrected chi connectivity index (χ4v) is 3.44. The van der Waals surface area contributed by atoms with Crippen LogP contribution in [0.3, 0.4) is 0 Å². The normalized spacial score (nSPS) is 17.5. The number of anilines is 1. The molecule has 0 spiro atoms. The maximum absolute atomic E-state index is 13.9. The summed E-state index contributed by atoms with van der Waals surface area (Å²) in [7, 11) is 1.28. The van der Waals surface area contributed by atoms with E-state index in [2.05, 4.69) is 4.98 Å². The summed E-state index contributed by atoms with van der Waals surface area (Å²) in [5, 5.41) is 1.90. The zero-order chi connectivity index (χ0) is 22.9. The van der Waals surface area contributed by atoms with Gasteiger partial charge in [-0.25, -0.2) is 13.8 Å². The summed E-state index contributed by atoms with van der Waals surface area (Å²) >= 11 is 0. The number of ether oxygens (including phenoxy) is 1. The van der Waals surface area contributed by atoms with E-state index >= 15 is 0 Å². The van der Waals surface area contributed by atoms with Gasteiger partial charge in [0.2, 0.25) is 5.88 Å². The number of aromatic nitrogens is 1. The average Bonchev–Trinajstić information content (AvgIpc) is 3.11. The third-order valence-electron chi connectivity index (χ3n) is 4.99. The Morgan fingerprint density at radius 2 is 1.94 bits per heavy atom. The number of pyridine rings is 1. The lowest BCUT2D eigenvalue weighted by molar-refractivity contribution is -0.149. The number of halogens is 5. The first kappa shape index (κ1) is 22.7. The average molecular weight is 444 g/mol. The first-order chi connectivity index (χ1) is 14.5. The Balaban J connectivity index is 2.21. The molecular weight excluding hydrogens is 423 g/mol. The van der Waals surface area contributed by atoms with Gasteiger partial charge < -0.3 is 20.7 Å². The molecule has 11 heteroatoms. The molecule has 168 valence electrons. The van der Waals surface area contributed by atoms with Crippen LogP contribution in [0.2, 0.25) is 0 Å². The minimum absolute atomic E-state index is 0.0239. The highest BCUT2D eigenvalue weighted by atomic mass is 19.4. The smallest absolute Gasteiger partial charge is 0.408 e. The Kier molecular flexibility index (Phi) is 6.35. The van der Waals surface area contributed by atoms with Gasteiger partial charge in [0.25, 0.3) is 5.91 Å². The maximum Gasteiger partial charge on any atom is 0.408 e. The van der Waals surface area contributed by atoms with E-state index in [0.29, 0.717) is 19.0 Å². The highest BCUT2D eigenvalue weighted by Crippen LogP contribution is 2.41. The summed E-state index contributed by atoms with van der Waals surface area (Å²) in [6.07, 6.45) is -3.02. The highest BCUT2D eigenvalue weighted by molar-refractivity contribution is 6.04. The van der Waals surface area contributed by atoms with Gasteiger partial charge >= 0.3 is 6.18 Å².